The van der Waals surface area contributed by atoms with Gasteiger partial charge in [-0.3, -0.25) is 5.69 Å². The summed E-state index contributed by atoms with van der Waals surface area (Å²) in [6.07, 6.45) is 7.34. The molecular weight excluding hydrogens is 332 g/mol. The lowest BCUT2D eigenvalue weighted by Crippen LogP contribution is -2.47. The first-order valence-corrected chi connectivity index (χ1v) is 11.5. The largest absolute Gasteiger partial charge is 0.513 e. The number of rotatable bonds is 7. The van der Waals surface area contributed by atoms with Crippen LogP contribution in [0.15, 0.2) is 12.8 Å². The molecule has 0 aliphatic carbocycles. The van der Waals surface area contributed by atoms with Crippen LogP contribution in [0.5, 0.6) is 0 Å². The van der Waals surface area contributed by atoms with Crippen LogP contribution in [0.25, 0.3) is 0 Å². The molecule has 0 N–H and O–H groups in total. The van der Waals surface area contributed by atoms with Crippen LogP contribution in [0.4, 0.5) is 4.79 Å². The van der Waals surface area contributed by atoms with Crippen LogP contribution in [0.2, 0.25) is 0 Å². The van der Waals surface area contributed by atoms with Gasteiger partial charge >= 0.3 is 6.16 Å². The van der Waals surface area contributed by atoms with E-state index in [1.54, 1.807) is 0 Å². The van der Waals surface area contributed by atoms with Crippen LogP contribution >= 0.6 is 10.0 Å². The lowest BCUT2D eigenvalue weighted by Gasteiger charge is -2.59. The quantitative estimate of drug-likeness (QED) is 0.369. The monoisotopic (exact) mass is 365 g/mol. The Morgan fingerprint density at radius 3 is 2.09 bits per heavy atom. The van der Waals surface area contributed by atoms with Crippen molar-refractivity contribution in [1.82, 2.24) is 0 Å². The Labute approximate surface area is 146 Å². The fourth-order valence-corrected chi connectivity index (χ4v) is 6.30. The first kappa shape index (κ1) is 22.4. The van der Waals surface area contributed by atoms with E-state index in [4.69, 9.17) is 14.6 Å². The predicted octanol–water partition coefficient (Wildman–Crippen LogP) is 4.80. The first-order valence-electron chi connectivity index (χ1n) is 7.41. The van der Waals surface area contributed by atoms with Crippen molar-refractivity contribution < 1.29 is 18.5 Å². The van der Waals surface area contributed by atoms with Gasteiger partial charge in [0, 0.05) is 4.75 Å². The maximum atomic E-state index is 11.6. The van der Waals surface area contributed by atoms with Crippen molar-refractivity contribution in [2.45, 2.75) is 63.2 Å². The minimum absolute atomic E-state index is 0.117. The molecule has 0 bridgehead atoms. The van der Waals surface area contributed by atoms with Crippen LogP contribution in [-0.2, 0) is 24.2 Å². The second kappa shape index (κ2) is 7.56. The summed E-state index contributed by atoms with van der Waals surface area (Å²) in [5, 5.41) is 0. The van der Waals surface area contributed by atoms with E-state index in [9.17, 15) is 4.79 Å². The molecule has 0 saturated carbocycles. The average Bonchev–Trinajstić information content (AvgIpc) is 2.23. The van der Waals surface area contributed by atoms with E-state index in [1.807, 2.05) is 20.1 Å². The second-order valence-corrected chi connectivity index (χ2v) is 13.5. The number of hydrogen-bond acceptors (Lipinski definition) is 5. The molecule has 0 aromatic heterocycles. The fourth-order valence-electron chi connectivity index (χ4n) is 2.63. The van der Waals surface area contributed by atoms with Gasteiger partial charge in [0.15, 0.2) is 0 Å². The molecular formula is C17H33O4S2-. The standard InChI is InChI=1S/C17H33O4S2/c1-12-19-14(18)20-15(2,3)13-16(4,5)23(10,11)17(6,7)21-22(8)9/h8,12H,1,13H2,2-7,9-11H3/q-1. The third-order valence-corrected chi connectivity index (χ3v) is 10.6. The van der Waals surface area contributed by atoms with Gasteiger partial charge in [-0.05, 0) is 46.6 Å². The lowest BCUT2D eigenvalue weighted by atomic mass is 9.95. The molecule has 0 heterocycles. The fraction of sp³-hybridized carbons (Fsp3) is 0.765. The number of ether oxygens (including phenoxy) is 2. The van der Waals surface area contributed by atoms with Crippen LogP contribution in [0.1, 0.15) is 48.0 Å². The van der Waals surface area contributed by atoms with E-state index in [2.05, 4.69) is 51.5 Å². The zero-order valence-corrected chi connectivity index (χ0v) is 17.7. The molecule has 0 aliphatic rings. The van der Waals surface area contributed by atoms with E-state index in [1.165, 1.54) is 0 Å². The summed E-state index contributed by atoms with van der Waals surface area (Å²) >= 11 is 0. The molecule has 0 aromatic rings. The van der Waals surface area contributed by atoms with E-state index in [-0.39, 0.29) is 9.68 Å². The van der Waals surface area contributed by atoms with Gasteiger partial charge in [-0.2, -0.15) is 0 Å². The summed E-state index contributed by atoms with van der Waals surface area (Å²) in [6, 6.07) is 0. The van der Waals surface area contributed by atoms with E-state index < -0.39 is 32.4 Å². The summed E-state index contributed by atoms with van der Waals surface area (Å²) in [5.74, 6) is 0. The molecule has 0 amide bonds. The first-order chi connectivity index (χ1) is 10.1. The highest BCUT2D eigenvalue weighted by atomic mass is 32.3. The average molecular weight is 366 g/mol. The van der Waals surface area contributed by atoms with Crippen LogP contribution in [-0.4, -0.2) is 40.2 Å². The molecule has 138 valence electrons. The smallest absolute Gasteiger partial charge is 0.472 e. The summed E-state index contributed by atoms with van der Waals surface area (Å²) in [7, 11) is -1.86. The molecule has 0 aliphatic heterocycles. The van der Waals surface area contributed by atoms with Crippen LogP contribution < -0.4 is 0 Å². The van der Waals surface area contributed by atoms with E-state index in [0.717, 1.165) is 6.26 Å². The maximum absolute atomic E-state index is 11.6. The third-order valence-electron chi connectivity index (χ3n) is 4.33. The summed E-state index contributed by atoms with van der Waals surface area (Å²) in [4.78, 5) is 11.2. The zero-order chi connectivity index (χ0) is 18.7. The number of carbonyl (C=O) groups excluding carboxylic acids is 1. The highest BCUT2D eigenvalue weighted by Crippen LogP contribution is 2.65. The molecule has 0 saturated heterocycles. The molecule has 0 radical (unpaired) electrons. The molecule has 0 spiro atoms. The predicted molar refractivity (Wildman–Crippen MR) is 103 cm³/mol. The van der Waals surface area contributed by atoms with Gasteiger partial charge in [0.25, 0.3) is 0 Å². The Bertz CT molecular complexity index is 510. The highest BCUT2D eigenvalue weighted by Gasteiger charge is 2.46. The van der Waals surface area contributed by atoms with Crippen LogP contribution in [0.3, 0.4) is 0 Å². The van der Waals surface area contributed by atoms with Gasteiger partial charge in [0.1, 0.15) is 5.60 Å². The Morgan fingerprint density at radius 2 is 1.70 bits per heavy atom. The molecule has 0 aromatic carbocycles. The Balaban J connectivity index is 5.34. The summed E-state index contributed by atoms with van der Waals surface area (Å²) in [6.45, 7) is 15.7. The van der Waals surface area contributed by atoms with Crippen molar-refractivity contribution >= 4 is 26.8 Å². The topological polar surface area (TPSA) is 44.8 Å². The van der Waals surface area contributed by atoms with Gasteiger partial charge in [0.2, 0.25) is 0 Å². The summed E-state index contributed by atoms with van der Waals surface area (Å²) < 4.78 is 16.0. The third kappa shape index (κ3) is 6.11. The summed E-state index contributed by atoms with van der Waals surface area (Å²) in [5.41, 5.74) is 5.20. The normalized spacial score (nSPS) is 14.5. The Morgan fingerprint density at radius 1 is 1.22 bits per heavy atom. The lowest BCUT2D eigenvalue weighted by molar-refractivity contribution is -0.00844. The molecule has 0 fully saturated rings. The molecule has 4 nitrogen and oxygen atoms in total. The second-order valence-electron chi connectivity index (χ2n) is 7.64. The minimum atomic E-state index is -1.26. The van der Waals surface area contributed by atoms with Gasteiger partial charge < -0.3 is 24.2 Å². The molecule has 0 rings (SSSR count). The van der Waals surface area contributed by atoms with Crippen molar-refractivity contribution in [2.75, 3.05) is 18.8 Å². The zero-order valence-electron chi connectivity index (χ0n) is 16.0. The Kier molecular flexibility index (Phi) is 7.38. The maximum Gasteiger partial charge on any atom is 0.513 e. The Hall–Kier alpha value is -0.550. The SMILES string of the molecule is C#[S-](C)OC(C)(C)S(C)(C)C(C)(C)CC(C)(C)OC(=O)OC=C. The van der Waals surface area contributed by atoms with Gasteiger partial charge in [-0.1, -0.05) is 20.4 Å². The van der Waals surface area contributed by atoms with Crippen molar-refractivity contribution in [3.8, 4) is 5.69 Å². The molecule has 6 heteroatoms. The molecule has 0 atom stereocenters. The minimum Gasteiger partial charge on any atom is -0.472 e. The molecule has 23 heavy (non-hydrogen) atoms. The van der Waals surface area contributed by atoms with Crippen molar-refractivity contribution in [3.63, 3.8) is 0 Å². The number of hydrogen-bond donors (Lipinski definition) is 0. The van der Waals surface area contributed by atoms with Crippen molar-refractivity contribution in [3.05, 3.63) is 12.8 Å². The van der Waals surface area contributed by atoms with Crippen molar-refractivity contribution in [2.24, 2.45) is 0 Å². The van der Waals surface area contributed by atoms with Crippen LogP contribution in [0, 0.1) is 5.69 Å². The highest BCUT2D eigenvalue weighted by molar-refractivity contribution is 8.34. The van der Waals surface area contributed by atoms with Gasteiger partial charge in [-0.15, -0.1) is 6.26 Å². The van der Waals surface area contributed by atoms with Gasteiger partial charge in [-0.25, -0.2) is 14.8 Å². The van der Waals surface area contributed by atoms with E-state index in [0.29, 0.717) is 6.42 Å². The number of carbonyl (C=O) groups is 1. The van der Waals surface area contributed by atoms with E-state index >= 15 is 0 Å². The van der Waals surface area contributed by atoms with Crippen molar-refractivity contribution in [1.29, 1.82) is 0 Å². The van der Waals surface area contributed by atoms with Gasteiger partial charge in [0.05, 0.1) is 11.2 Å². The molecule has 0 unspecified atom stereocenters.